The van der Waals surface area contributed by atoms with E-state index < -0.39 is 0 Å². The van der Waals surface area contributed by atoms with Crippen LogP contribution in [0.15, 0.2) is 54.6 Å². The number of nitrogens with two attached hydrogens (primary N) is 1. The lowest BCUT2D eigenvalue weighted by atomic mass is 10.1. The van der Waals surface area contributed by atoms with Crippen LogP contribution in [0.3, 0.4) is 0 Å². The van der Waals surface area contributed by atoms with Crippen LogP contribution in [0.4, 0.5) is 5.95 Å². The third kappa shape index (κ3) is 2.20. The van der Waals surface area contributed by atoms with Crippen molar-refractivity contribution in [2.24, 2.45) is 0 Å². The maximum absolute atomic E-state index is 5.75. The maximum atomic E-state index is 5.75. The van der Waals surface area contributed by atoms with Crippen molar-refractivity contribution in [3.8, 4) is 17.1 Å². The van der Waals surface area contributed by atoms with Crippen LogP contribution in [-0.4, -0.2) is 14.8 Å². The molecule has 4 nitrogen and oxygen atoms in total. The van der Waals surface area contributed by atoms with Crippen LogP contribution in [0.25, 0.3) is 17.1 Å². The largest absolute Gasteiger partial charge is 0.366 e. The van der Waals surface area contributed by atoms with Crippen LogP contribution in [0.2, 0.25) is 0 Å². The van der Waals surface area contributed by atoms with Gasteiger partial charge in [-0.15, -0.1) is 5.10 Å². The number of para-hydroxylation sites is 1. The molecule has 0 radical (unpaired) electrons. The molecule has 0 bridgehead atoms. The van der Waals surface area contributed by atoms with Crippen molar-refractivity contribution in [2.45, 2.75) is 6.92 Å². The molecule has 3 rings (SSSR count). The number of rotatable bonds is 2. The lowest BCUT2D eigenvalue weighted by molar-refractivity contribution is 0.892. The molecule has 0 saturated heterocycles. The zero-order chi connectivity index (χ0) is 13.2. The van der Waals surface area contributed by atoms with Gasteiger partial charge in [0.15, 0.2) is 5.82 Å². The Bertz CT molecular complexity index is 701. The third-order valence-electron chi connectivity index (χ3n) is 2.90. The summed E-state index contributed by atoms with van der Waals surface area (Å²) in [4.78, 5) is 4.33. The molecule has 0 aliphatic heterocycles. The maximum Gasteiger partial charge on any atom is 0.240 e. The normalized spacial score (nSPS) is 10.6. The van der Waals surface area contributed by atoms with Crippen molar-refractivity contribution in [3.63, 3.8) is 0 Å². The summed E-state index contributed by atoms with van der Waals surface area (Å²) in [6.07, 6.45) is 0. The highest BCUT2D eigenvalue weighted by Gasteiger charge is 2.11. The minimum Gasteiger partial charge on any atom is -0.366 e. The van der Waals surface area contributed by atoms with Gasteiger partial charge in [0.05, 0.1) is 5.69 Å². The Morgan fingerprint density at radius 3 is 2.53 bits per heavy atom. The molecule has 3 aromatic rings. The van der Waals surface area contributed by atoms with E-state index in [1.807, 2.05) is 42.5 Å². The summed E-state index contributed by atoms with van der Waals surface area (Å²) in [6, 6.07) is 18.0. The standard InChI is InChI=1S/C15H14N4/c1-11-6-5-7-12(10-11)14-17-15(16)18-19(14)13-8-3-2-4-9-13/h2-10H,1H3,(H2,16,18). The van der Waals surface area contributed by atoms with Gasteiger partial charge in [0.25, 0.3) is 0 Å². The molecule has 0 atom stereocenters. The Morgan fingerprint density at radius 2 is 1.79 bits per heavy atom. The highest BCUT2D eigenvalue weighted by atomic mass is 15.4. The second-order valence-corrected chi connectivity index (χ2v) is 4.41. The van der Waals surface area contributed by atoms with E-state index in [4.69, 9.17) is 5.73 Å². The van der Waals surface area contributed by atoms with Crippen molar-refractivity contribution in [1.82, 2.24) is 14.8 Å². The lowest BCUT2D eigenvalue weighted by Crippen LogP contribution is -1.99. The van der Waals surface area contributed by atoms with Crippen molar-refractivity contribution >= 4 is 5.95 Å². The first kappa shape index (κ1) is 11.5. The van der Waals surface area contributed by atoms with Crippen LogP contribution in [0.5, 0.6) is 0 Å². The Kier molecular flexibility index (Phi) is 2.76. The van der Waals surface area contributed by atoms with E-state index in [1.165, 1.54) is 5.56 Å². The molecule has 1 heterocycles. The Hall–Kier alpha value is -2.62. The molecule has 0 unspecified atom stereocenters. The van der Waals surface area contributed by atoms with E-state index in [9.17, 15) is 0 Å². The summed E-state index contributed by atoms with van der Waals surface area (Å²) < 4.78 is 1.77. The zero-order valence-corrected chi connectivity index (χ0v) is 10.6. The number of anilines is 1. The van der Waals surface area contributed by atoms with Crippen LogP contribution < -0.4 is 5.73 Å². The Morgan fingerprint density at radius 1 is 1.00 bits per heavy atom. The van der Waals surface area contributed by atoms with Gasteiger partial charge in [-0.1, -0.05) is 42.0 Å². The molecule has 0 amide bonds. The number of aromatic nitrogens is 3. The number of nitrogens with zero attached hydrogens (tertiary/aromatic N) is 3. The first-order valence-electron chi connectivity index (χ1n) is 6.09. The molecule has 4 heteroatoms. The number of hydrogen-bond acceptors (Lipinski definition) is 3. The second kappa shape index (κ2) is 4.57. The van der Waals surface area contributed by atoms with Gasteiger partial charge >= 0.3 is 0 Å². The fourth-order valence-electron chi connectivity index (χ4n) is 2.05. The van der Waals surface area contributed by atoms with Gasteiger partial charge in [0.1, 0.15) is 0 Å². The number of hydrogen-bond donors (Lipinski definition) is 1. The highest BCUT2D eigenvalue weighted by Crippen LogP contribution is 2.22. The zero-order valence-electron chi connectivity index (χ0n) is 10.6. The summed E-state index contributed by atoms with van der Waals surface area (Å²) in [6.45, 7) is 2.05. The van der Waals surface area contributed by atoms with Crippen LogP contribution in [-0.2, 0) is 0 Å². The molecule has 0 saturated carbocycles. The van der Waals surface area contributed by atoms with Crippen LogP contribution in [0, 0.1) is 6.92 Å². The van der Waals surface area contributed by atoms with Gasteiger partial charge in [-0.25, -0.2) is 4.68 Å². The summed E-state index contributed by atoms with van der Waals surface area (Å²) in [7, 11) is 0. The predicted octanol–water partition coefficient (Wildman–Crippen LogP) is 2.82. The Labute approximate surface area is 111 Å². The molecule has 0 aliphatic carbocycles. The smallest absolute Gasteiger partial charge is 0.240 e. The molecule has 0 aliphatic rings. The molecular weight excluding hydrogens is 236 g/mol. The average Bonchev–Trinajstić information content (AvgIpc) is 2.82. The second-order valence-electron chi connectivity index (χ2n) is 4.41. The van der Waals surface area contributed by atoms with Gasteiger partial charge in [0, 0.05) is 5.56 Å². The average molecular weight is 250 g/mol. The van der Waals surface area contributed by atoms with E-state index in [0.717, 1.165) is 17.1 Å². The van der Waals surface area contributed by atoms with Gasteiger partial charge < -0.3 is 5.73 Å². The van der Waals surface area contributed by atoms with Gasteiger partial charge in [-0.2, -0.15) is 4.98 Å². The van der Waals surface area contributed by atoms with Crippen LogP contribution in [0.1, 0.15) is 5.56 Å². The van der Waals surface area contributed by atoms with Crippen molar-refractivity contribution in [1.29, 1.82) is 0 Å². The number of aryl methyl sites for hydroxylation is 1. The highest BCUT2D eigenvalue weighted by molar-refractivity contribution is 5.60. The predicted molar refractivity (Wildman–Crippen MR) is 75.9 cm³/mol. The summed E-state index contributed by atoms with van der Waals surface area (Å²) >= 11 is 0. The van der Waals surface area contributed by atoms with Gasteiger partial charge in [0.2, 0.25) is 5.95 Å². The fourth-order valence-corrected chi connectivity index (χ4v) is 2.05. The van der Waals surface area contributed by atoms with Gasteiger partial charge in [-0.05, 0) is 25.1 Å². The van der Waals surface area contributed by atoms with E-state index in [2.05, 4.69) is 29.1 Å². The molecule has 0 spiro atoms. The number of benzene rings is 2. The van der Waals surface area contributed by atoms with E-state index in [1.54, 1.807) is 4.68 Å². The lowest BCUT2D eigenvalue weighted by Gasteiger charge is -2.06. The molecular formula is C15H14N4. The molecule has 1 aromatic heterocycles. The summed E-state index contributed by atoms with van der Waals surface area (Å²) in [5.41, 5.74) is 8.88. The molecule has 94 valence electrons. The molecule has 2 N–H and O–H groups in total. The summed E-state index contributed by atoms with van der Waals surface area (Å²) in [5, 5.41) is 4.27. The van der Waals surface area contributed by atoms with Crippen molar-refractivity contribution < 1.29 is 0 Å². The fraction of sp³-hybridized carbons (Fsp3) is 0.0667. The van der Waals surface area contributed by atoms with Crippen molar-refractivity contribution in [3.05, 3.63) is 60.2 Å². The Balaban J connectivity index is 2.18. The summed E-state index contributed by atoms with van der Waals surface area (Å²) in [5.74, 6) is 1.03. The first-order valence-corrected chi connectivity index (χ1v) is 6.09. The third-order valence-corrected chi connectivity index (χ3v) is 2.90. The minimum atomic E-state index is 0.278. The monoisotopic (exact) mass is 250 g/mol. The SMILES string of the molecule is Cc1cccc(-c2nc(N)nn2-c2ccccc2)c1. The first-order chi connectivity index (χ1) is 9.24. The van der Waals surface area contributed by atoms with Crippen molar-refractivity contribution in [2.75, 3.05) is 5.73 Å². The molecule has 2 aromatic carbocycles. The van der Waals surface area contributed by atoms with E-state index in [-0.39, 0.29) is 5.95 Å². The van der Waals surface area contributed by atoms with E-state index >= 15 is 0 Å². The van der Waals surface area contributed by atoms with Gasteiger partial charge in [-0.3, -0.25) is 0 Å². The van der Waals surface area contributed by atoms with Crippen LogP contribution >= 0.6 is 0 Å². The quantitative estimate of drug-likeness (QED) is 0.760. The minimum absolute atomic E-state index is 0.278. The topological polar surface area (TPSA) is 56.7 Å². The molecule has 19 heavy (non-hydrogen) atoms. The number of nitrogen functional groups attached to an aromatic ring is 1. The molecule has 0 fully saturated rings. The van der Waals surface area contributed by atoms with E-state index in [0.29, 0.717) is 0 Å².